The van der Waals surface area contributed by atoms with Gasteiger partial charge in [0.05, 0.1) is 12.0 Å². The maximum Gasteiger partial charge on any atom is 0.226 e. The van der Waals surface area contributed by atoms with Crippen molar-refractivity contribution in [1.29, 1.82) is 0 Å². The van der Waals surface area contributed by atoms with Crippen LogP contribution in [0.25, 0.3) is 0 Å². The van der Waals surface area contributed by atoms with E-state index in [1.165, 1.54) is 6.92 Å². The number of carbonyl (C=O) groups is 2. The molecule has 2 unspecified atom stereocenters. The van der Waals surface area contributed by atoms with E-state index in [-0.39, 0.29) is 23.8 Å². The van der Waals surface area contributed by atoms with E-state index in [4.69, 9.17) is 11.6 Å². The van der Waals surface area contributed by atoms with E-state index in [2.05, 4.69) is 21.5 Å². The minimum Gasteiger partial charge on any atom is -0.355 e. The Hall–Kier alpha value is -1.63. The first kappa shape index (κ1) is 15.8. The van der Waals surface area contributed by atoms with Crippen LogP contribution >= 0.6 is 11.6 Å². The zero-order valence-corrected chi connectivity index (χ0v) is 12.5. The van der Waals surface area contributed by atoms with Gasteiger partial charge in [-0.2, -0.15) is 0 Å². The summed E-state index contributed by atoms with van der Waals surface area (Å²) in [5.41, 5.74) is 7.13. The molecule has 0 aliphatic carbocycles. The highest BCUT2D eigenvalue weighted by molar-refractivity contribution is 6.30. The Bertz CT molecular complexity index is 506. The summed E-state index contributed by atoms with van der Waals surface area (Å²) in [5, 5.41) is 6.14. The molecule has 7 heteroatoms. The average Bonchev–Trinajstić information content (AvgIpc) is 2.93. The first-order valence-corrected chi connectivity index (χ1v) is 7.21. The predicted molar refractivity (Wildman–Crippen MR) is 80.5 cm³/mol. The quantitative estimate of drug-likeness (QED) is 0.592. The molecule has 1 aromatic carbocycles. The largest absolute Gasteiger partial charge is 0.355 e. The van der Waals surface area contributed by atoms with Gasteiger partial charge in [-0.3, -0.25) is 15.0 Å². The van der Waals surface area contributed by atoms with Gasteiger partial charge in [-0.25, -0.2) is 5.43 Å². The van der Waals surface area contributed by atoms with Crippen molar-refractivity contribution in [3.63, 3.8) is 0 Å². The fraction of sp³-hybridized carbons (Fsp3) is 0.429. The molecule has 0 aromatic heterocycles. The Morgan fingerprint density at radius 2 is 1.90 bits per heavy atom. The van der Waals surface area contributed by atoms with E-state index in [1.54, 1.807) is 0 Å². The van der Waals surface area contributed by atoms with Gasteiger partial charge in [0.2, 0.25) is 11.8 Å². The number of amides is 2. The van der Waals surface area contributed by atoms with Gasteiger partial charge in [0.25, 0.3) is 0 Å². The van der Waals surface area contributed by atoms with Crippen LogP contribution in [-0.4, -0.2) is 31.4 Å². The highest BCUT2D eigenvalue weighted by Gasteiger charge is 2.33. The predicted octanol–water partition coefficient (Wildman–Crippen LogP) is 0.357. The lowest BCUT2D eigenvalue weighted by Crippen LogP contribution is -2.39. The molecule has 1 saturated heterocycles. The minimum atomic E-state index is -0.205. The summed E-state index contributed by atoms with van der Waals surface area (Å²) in [6.45, 7) is 2.85. The first-order valence-electron chi connectivity index (χ1n) is 6.84. The van der Waals surface area contributed by atoms with Crippen LogP contribution < -0.4 is 21.5 Å². The van der Waals surface area contributed by atoms with Crippen LogP contribution in [0.4, 0.5) is 0 Å². The van der Waals surface area contributed by atoms with Crippen molar-refractivity contribution in [1.82, 2.24) is 21.5 Å². The van der Waals surface area contributed by atoms with Crippen molar-refractivity contribution < 1.29 is 9.59 Å². The fourth-order valence-electron chi connectivity index (χ4n) is 2.28. The molecule has 1 aromatic rings. The first-order chi connectivity index (χ1) is 10.1. The molecule has 2 atom stereocenters. The third kappa shape index (κ3) is 4.42. The smallest absolute Gasteiger partial charge is 0.226 e. The molecule has 0 spiro atoms. The molecule has 2 amide bonds. The summed E-state index contributed by atoms with van der Waals surface area (Å²) in [6.07, 6.45) is 0. The molecule has 0 bridgehead atoms. The van der Waals surface area contributed by atoms with E-state index < -0.39 is 0 Å². The molecule has 21 heavy (non-hydrogen) atoms. The molecule has 1 aliphatic rings. The Labute approximate surface area is 128 Å². The van der Waals surface area contributed by atoms with Crippen molar-refractivity contribution in [2.24, 2.45) is 5.92 Å². The van der Waals surface area contributed by atoms with Gasteiger partial charge >= 0.3 is 0 Å². The second-order valence-corrected chi connectivity index (χ2v) is 5.37. The van der Waals surface area contributed by atoms with Gasteiger partial charge in [0.15, 0.2) is 0 Å². The Kier molecular flexibility index (Phi) is 5.55. The molecule has 0 radical (unpaired) electrons. The van der Waals surface area contributed by atoms with Gasteiger partial charge in [-0.05, 0) is 17.7 Å². The summed E-state index contributed by atoms with van der Waals surface area (Å²) >= 11 is 5.88. The standard InChI is InChI=1S/C14H19ClN4O2/c1-9(20)16-6-7-17-14(21)12-8-18-19-13(12)10-2-4-11(15)5-3-10/h2-5,12-13,18-19H,6-8H2,1H3,(H,16,20)(H,17,21). The summed E-state index contributed by atoms with van der Waals surface area (Å²) in [6, 6.07) is 7.34. The second kappa shape index (κ2) is 7.40. The SMILES string of the molecule is CC(=O)NCCNC(=O)C1CNNC1c1ccc(Cl)cc1. The lowest BCUT2D eigenvalue weighted by Gasteiger charge is -2.18. The van der Waals surface area contributed by atoms with Crippen molar-refractivity contribution >= 4 is 23.4 Å². The van der Waals surface area contributed by atoms with E-state index in [9.17, 15) is 9.59 Å². The number of carbonyl (C=O) groups excluding carboxylic acids is 2. The lowest BCUT2D eigenvalue weighted by molar-refractivity contribution is -0.125. The molecule has 0 saturated carbocycles. The summed E-state index contributed by atoms with van der Waals surface area (Å²) < 4.78 is 0. The van der Waals surface area contributed by atoms with Crippen molar-refractivity contribution in [2.75, 3.05) is 19.6 Å². The van der Waals surface area contributed by atoms with Crippen LogP contribution in [0.15, 0.2) is 24.3 Å². The van der Waals surface area contributed by atoms with E-state index in [0.29, 0.717) is 24.7 Å². The fourth-order valence-corrected chi connectivity index (χ4v) is 2.41. The third-order valence-corrected chi connectivity index (χ3v) is 3.60. The third-order valence-electron chi connectivity index (χ3n) is 3.35. The number of hydrogen-bond acceptors (Lipinski definition) is 4. The number of rotatable bonds is 5. The maximum absolute atomic E-state index is 12.2. The molecule has 114 valence electrons. The van der Waals surface area contributed by atoms with E-state index in [0.717, 1.165) is 5.56 Å². The number of hydrazine groups is 1. The van der Waals surface area contributed by atoms with Gasteiger partial charge in [-0.15, -0.1) is 0 Å². The van der Waals surface area contributed by atoms with Crippen LogP contribution in [-0.2, 0) is 9.59 Å². The van der Waals surface area contributed by atoms with E-state index >= 15 is 0 Å². The molecular weight excluding hydrogens is 292 g/mol. The second-order valence-electron chi connectivity index (χ2n) is 4.93. The molecule has 1 aliphatic heterocycles. The molecule has 4 N–H and O–H groups in total. The number of benzene rings is 1. The summed E-state index contributed by atoms with van der Waals surface area (Å²) in [5.74, 6) is -0.353. The maximum atomic E-state index is 12.2. The Morgan fingerprint density at radius 1 is 1.24 bits per heavy atom. The number of hydrogen-bond donors (Lipinski definition) is 4. The topological polar surface area (TPSA) is 82.3 Å². The van der Waals surface area contributed by atoms with Gasteiger partial charge < -0.3 is 10.6 Å². The zero-order valence-electron chi connectivity index (χ0n) is 11.8. The van der Waals surface area contributed by atoms with Gasteiger partial charge in [-0.1, -0.05) is 23.7 Å². The van der Waals surface area contributed by atoms with Crippen LogP contribution in [0.2, 0.25) is 5.02 Å². The molecular formula is C14H19ClN4O2. The van der Waals surface area contributed by atoms with Crippen molar-refractivity contribution in [3.05, 3.63) is 34.9 Å². The number of nitrogens with one attached hydrogen (secondary N) is 4. The highest BCUT2D eigenvalue weighted by Crippen LogP contribution is 2.26. The summed E-state index contributed by atoms with van der Waals surface area (Å²) in [7, 11) is 0. The van der Waals surface area contributed by atoms with Crippen LogP contribution in [0, 0.1) is 5.92 Å². The van der Waals surface area contributed by atoms with E-state index in [1.807, 2.05) is 24.3 Å². The monoisotopic (exact) mass is 310 g/mol. The Balaban J connectivity index is 1.90. The van der Waals surface area contributed by atoms with Crippen LogP contribution in [0.5, 0.6) is 0 Å². The van der Waals surface area contributed by atoms with Crippen molar-refractivity contribution in [2.45, 2.75) is 13.0 Å². The Morgan fingerprint density at radius 3 is 2.57 bits per heavy atom. The lowest BCUT2D eigenvalue weighted by atomic mass is 9.94. The van der Waals surface area contributed by atoms with Crippen LogP contribution in [0.1, 0.15) is 18.5 Å². The van der Waals surface area contributed by atoms with Gasteiger partial charge in [0.1, 0.15) is 0 Å². The molecule has 1 heterocycles. The molecule has 1 fully saturated rings. The zero-order chi connectivity index (χ0) is 15.2. The number of halogens is 1. The average molecular weight is 311 g/mol. The minimum absolute atomic E-state index is 0.0437. The molecule has 2 rings (SSSR count). The highest BCUT2D eigenvalue weighted by atomic mass is 35.5. The normalized spacial score (nSPS) is 21.0. The summed E-state index contributed by atoms with van der Waals surface area (Å²) in [4.78, 5) is 23.0. The van der Waals surface area contributed by atoms with Gasteiger partial charge in [0, 0.05) is 31.6 Å². The van der Waals surface area contributed by atoms with Crippen LogP contribution in [0.3, 0.4) is 0 Å². The van der Waals surface area contributed by atoms with Crippen molar-refractivity contribution in [3.8, 4) is 0 Å². The molecule has 6 nitrogen and oxygen atoms in total.